The van der Waals surface area contributed by atoms with E-state index in [1.165, 1.54) is 6.20 Å². The van der Waals surface area contributed by atoms with Crippen LogP contribution in [0.15, 0.2) is 6.20 Å². The van der Waals surface area contributed by atoms with Gasteiger partial charge in [0.2, 0.25) is 10.0 Å². The Kier molecular flexibility index (Phi) is 2.89. The molecule has 0 aliphatic heterocycles. The van der Waals surface area contributed by atoms with Gasteiger partial charge in [0, 0.05) is 0 Å². The number of rotatable bonds is 4. The monoisotopic (exact) mass is 226 g/mol. The van der Waals surface area contributed by atoms with Gasteiger partial charge in [0.1, 0.15) is 5.75 Å². The number of aromatic nitrogens is 2. The van der Waals surface area contributed by atoms with E-state index >= 15 is 0 Å². The largest absolute Gasteiger partial charge is 0.394 e. The number of nitrogen functional groups attached to an aromatic ring is 1. The highest BCUT2D eigenvalue weighted by Crippen LogP contribution is 2.14. The molecule has 0 saturated heterocycles. The van der Waals surface area contributed by atoms with Crippen LogP contribution in [0.1, 0.15) is 0 Å². The lowest BCUT2D eigenvalue weighted by molar-refractivity contribution is 0.174. The summed E-state index contributed by atoms with van der Waals surface area (Å²) < 4.78 is 47.3. The summed E-state index contributed by atoms with van der Waals surface area (Å²) in [7, 11) is -4.08. The van der Waals surface area contributed by atoms with E-state index in [4.69, 9.17) is 5.73 Å². The molecule has 0 bridgehead atoms. The van der Waals surface area contributed by atoms with Crippen LogP contribution in [0.2, 0.25) is 0 Å². The van der Waals surface area contributed by atoms with E-state index in [0.29, 0.717) is 0 Å². The van der Waals surface area contributed by atoms with E-state index in [-0.39, 0.29) is 11.5 Å². The number of nitrogens with one attached hydrogen (secondary N) is 2. The van der Waals surface area contributed by atoms with Gasteiger partial charge in [-0.2, -0.15) is 5.10 Å². The Hall–Kier alpha value is -1.38. The van der Waals surface area contributed by atoms with Crippen LogP contribution in [-0.4, -0.2) is 30.8 Å². The minimum absolute atomic E-state index is 0.0443. The Morgan fingerprint density at radius 2 is 2.29 bits per heavy atom. The minimum atomic E-state index is -4.08. The molecule has 0 fully saturated rings. The van der Waals surface area contributed by atoms with Gasteiger partial charge in [-0.05, 0) is 0 Å². The molecular formula is C5H8F2N4O2S. The molecule has 0 radical (unpaired) electrons. The fraction of sp³-hybridized carbons (Fsp3) is 0.400. The first-order chi connectivity index (χ1) is 6.41. The predicted molar refractivity (Wildman–Crippen MR) is 46.4 cm³/mol. The smallest absolute Gasteiger partial charge is 0.254 e. The van der Waals surface area contributed by atoms with Gasteiger partial charge in [0.15, 0.2) is 5.82 Å². The number of nitrogens with zero attached hydrogens (tertiary/aromatic N) is 1. The maximum absolute atomic E-state index is 11.8. The summed E-state index contributed by atoms with van der Waals surface area (Å²) in [5.41, 5.74) is 5.31. The average molecular weight is 226 g/mol. The number of anilines is 2. The van der Waals surface area contributed by atoms with Crippen molar-refractivity contribution < 1.29 is 17.2 Å². The van der Waals surface area contributed by atoms with E-state index in [9.17, 15) is 17.2 Å². The van der Waals surface area contributed by atoms with Crippen LogP contribution in [-0.2, 0) is 10.0 Å². The fourth-order valence-corrected chi connectivity index (χ4v) is 1.63. The minimum Gasteiger partial charge on any atom is -0.394 e. The number of halogens is 2. The van der Waals surface area contributed by atoms with Crippen LogP contribution in [0.25, 0.3) is 0 Å². The van der Waals surface area contributed by atoms with Crippen molar-refractivity contribution in [1.82, 2.24) is 10.2 Å². The van der Waals surface area contributed by atoms with Gasteiger partial charge in [-0.1, -0.05) is 0 Å². The molecule has 1 rings (SSSR count). The third-order valence-electron chi connectivity index (χ3n) is 1.27. The zero-order chi connectivity index (χ0) is 10.8. The molecule has 0 saturated carbocycles. The zero-order valence-corrected chi connectivity index (χ0v) is 7.68. The van der Waals surface area contributed by atoms with Crippen molar-refractivity contribution in [3.63, 3.8) is 0 Å². The highest BCUT2D eigenvalue weighted by molar-refractivity contribution is 7.92. The average Bonchev–Trinajstić information content (AvgIpc) is 2.32. The normalized spacial score (nSPS) is 11.9. The summed E-state index contributed by atoms with van der Waals surface area (Å²) in [5, 5.41) is 5.65. The fourth-order valence-electron chi connectivity index (χ4n) is 0.740. The number of aromatic amines is 1. The van der Waals surface area contributed by atoms with Gasteiger partial charge < -0.3 is 5.73 Å². The Morgan fingerprint density at radius 1 is 1.64 bits per heavy atom. The van der Waals surface area contributed by atoms with Crippen LogP contribution < -0.4 is 10.5 Å². The molecule has 14 heavy (non-hydrogen) atoms. The quantitative estimate of drug-likeness (QED) is 0.672. The van der Waals surface area contributed by atoms with Crippen molar-refractivity contribution >= 4 is 21.5 Å². The predicted octanol–water partition coefficient (Wildman–Crippen LogP) is -0.00130. The van der Waals surface area contributed by atoms with Crippen LogP contribution in [0.5, 0.6) is 0 Å². The standard InChI is InChI=1S/C5H8F2N4O2S/c6-4(7)2-14(12,13)11-5-3(8)1-9-10-5/h1,4H,2,8H2,(H2,9,10,11). The molecule has 0 aliphatic carbocycles. The van der Waals surface area contributed by atoms with Crippen molar-refractivity contribution in [2.24, 2.45) is 0 Å². The molecule has 0 unspecified atom stereocenters. The van der Waals surface area contributed by atoms with Crippen molar-refractivity contribution in [2.75, 3.05) is 16.2 Å². The topological polar surface area (TPSA) is 101 Å². The van der Waals surface area contributed by atoms with E-state index in [0.717, 1.165) is 0 Å². The number of hydrogen-bond donors (Lipinski definition) is 3. The third-order valence-corrected chi connectivity index (χ3v) is 2.48. The van der Waals surface area contributed by atoms with Crippen molar-refractivity contribution in [3.8, 4) is 0 Å². The van der Waals surface area contributed by atoms with Crippen molar-refractivity contribution in [3.05, 3.63) is 6.20 Å². The third kappa shape index (κ3) is 2.83. The van der Waals surface area contributed by atoms with Crippen LogP contribution >= 0.6 is 0 Å². The maximum atomic E-state index is 11.8. The number of alkyl halides is 2. The molecule has 1 aromatic heterocycles. The highest BCUT2D eigenvalue weighted by atomic mass is 32.2. The van der Waals surface area contributed by atoms with Gasteiger partial charge >= 0.3 is 0 Å². The first-order valence-corrected chi connectivity index (χ1v) is 5.13. The van der Waals surface area contributed by atoms with Crippen LogP contribution in [0.4, 0.5) is 20.3 Å². The molecule has 6 nitrogen and oxygen atoms in total. The lowest BCUT2D eigenvalue weighted by Gasteiger charge is -2.05. The molecule has 80 valence electrons. The Morgan fingerprint density at radius 3 is 2.71 bits per heavy atom. The van der Waals surface area contributed by atoms with E-state index in [1.807, 2.05) is 4.72 Å². The maximum Gasteiger partial charge on any atom is 0.254 e. The molecule has 0 atom stereocenters. The molecule has 0 aromatic carbocycles. The lowest BCUT2D eigenvalue weighted by Crippen LogP contribution is -2.22. The number of hydrogen-bond acceptors (Lipinski definition) is 4. The Labute approximate surface area is 78.5 Å². The molecular weight excluding hydrogens is 218 g/mol. The van der Waals surface area contributed by atoms with Gasteiger partial charge in [-0.3, -0.25) is 9.82 Å². The molecule has 0 aliphatic rings. The van der Waals surface area contributed by atoms with E-state index in [2.05, 4.69) is 10.2 Å². The summed E-state index contributed by atoms with van der Waals surface area (Å²) in [6.07, 6.45) is -1.77. The van der Waals surface area contributed by atoms with Gasteiger partial charge in [-0.25, -0.2) is 17.2 Å². The van der Waals surface area contributed by atoms with Crippen LogP contribution in [0.3, 0.4) is 0 Å². The van der Waals surface area contributed by atoms with Crippen molar-refractivity contribution in [2.45, 2.75) is 6.43 Å². The second-order valence-electron chi connectivity index (χ2n) is 2.47. The van der Waals surface area contributed by atoms with Gasteiger partial charge in [0.25, 0.3) is 6.43 Å². The summed E-state index contributed by atoms with van der Waals surface area (Å²) >= 11 is 0. The highest BCUT2D eigenvalue weighted by Gasteiger charge is 2.19. The molecule has 0 spiro atoms. The molecule has 4 N–H and O–H groups in total. The first kappa shape index (κ1) is 10.7. The first-order valence-electron chi connectivity index (χ1n) is 3.48. The SMILES string of the molecule is Nc1cn[nH]c1NS(=O)(=O)CC(F)F. The lowest BCUT2D eigenvalue weighted by atomic mass is 10.6. The number of H-pyrrole nitrogens is 1. The van der Waals surface area contributed by atoms with Gasteiger partial charge in [-0.15, -0.1) is 0 Å². The molecule has 0 amide bonds. The number of nitrogens with two attached hydrogens (primary N) is 1. The second kappa shape index (κ2) is 3.78. The van der Waals surface area contributed by atoms with E-state index in [1.54, 1.807) is 0 Å². The van der Waals surface area contributed by atoms with Crippen LogP contribution in [0, 0.1) is 0 Å². The zero-order valence-electron chi connectivity index (χ0n) is 6.87. The summed E-state index contributed by atoms with van der Waals surface area (Å²) in [5.74, 6) is -1.38. The number of sulfonamides is 1. The summed E-state index contributed by atoms with van der Waals surface area (Å²) in [6, 6.07) is 0. The Balaban J connectivity index is 2.74. The Bertz CT molecular complexity index is 402. The van der Waals surface area contributed by atoms with Crippen molar-refractivity contribution in [1.29, 1.82) is 0 Å². The molecule has 1 heterocycles. The van der Waals surface area contributed by atoms with Gasteiger partial charge in [0.05, 0.1) is 11.9 Å². The molecule has 9 heteroatoms. The molecule has 1 aromatic rings. The van der Waals surface area contributed by atoms with E-state index < -0.39 is 22.2 Å². The summed E-state index contributed by atoms with van der Waals surface area (Å²) in [6.45, 7) is 0. The second-order valence-corrected chi connectivity index (χ2v) is 4.24. The summed E-state index contributed by atoms with van der Waals surface area (Å²) in [4.78, 5) is 0.